The molecule has 0 spiro atoms. The lowest BCUT2D eigenvalue weighted by atomic mass is 10.0. The van der Waals surface area contributed by atoms with E-state index in [4.69, 9.17) is 10.3 Å². The zero-order valence-corrected chi connectivity index (χ0v) is 11.8. The van der Waals surface area contributed by atoms with Crippen molar-refractivity contribution in [1.29, 1.82) is 0 Å². The predicted octanol–water partition coefficient (Wildman–Crippen LogP) is 3.01. The highest BCUT2D eigenvalue weighted by atomic mass is 16.5. The van der Waals surface area contributed by atoms with Crippen LogP contribution in [0, 0.1) is 12.8 Å². The Bertz CT molecular complexity index is 534. The number of aryl methyl sites for hydroxylation is 1. The first-order valence-electron chi connectivity index (χ1n) is 6.69. The normalized spacial score (nSPS) is 12.9. The molecule has 1 aromatic heterocycles. The van der Waals surface area contributed by atoms with Crippen molar-refractivity contribution in [3.8, 4) is 0 Å². The summed E-state index contributed by atoms with van der Waals surface area (Å²) in [6, 6.07) is 8.05. The Kier molecular flexibility index (Phi) is 4.32. The van der Waals surface area contributed by atoms with Gasteiger partial charge in [0.25, 0.3) is 0 Å². The van der Waals surface area contributed by atoms with Gasteiger partial charge in [-0.15, -0.1) is 0 Å². The minimum absolute atomic E-state index is 0.168. The molecule has 0 aliphatic carbocycles. The SMILES string of the molecule is Cc1ccccc1Cc1noc([C@@H](N)CC(C)C)n1. The second-order valence-corrected chi connectivity index (χ2v) is 5.39. The van der Waals surface area contributed by atoms with E-state index in [2.05, 4.69) is 43.0 Å². The van der Waals surface area contributed by atoms with Crippen molar-refractivity contribution < 1.29 is 4.52 Å². The van der Waals surface area contributed by atoms with Gasteiger partial charge in [0.2, 0.25) is 5.89 Å². The Hall–Kier alpha value is -1.68. The molecule has 4 heteroatoms. The van der Waals surface area contributed by atoms with Crippen LogP contribution in [0.2, 0.25) is 0 Å². The number of benzene rings is 1. The average molecular weight is 259 g/mol. The first kappa shape index (κ1) is 13.7. The van der Waals surface area contributed by atoms with Gasteiger partial charge in [0.05, 0.1) is 6.04 Å². The van der Waals surface area contributed by atoms with E-state index in [-0.39, 0.29) is 6.04 Å². The van der Waals surface area contributed by atoms with E-state index < -0.39 is 0 Å². The van der Waals surface area contributed by atoms with Gasteiger partial charge in [-0.25, -0.2) is 0 Å². The van der Waals surface area contributed by atoms with Crippen LogP contribution in [0.25, 0.3) is 0 Å². The first-order chi connectivity index (χ1) is 9.06. The molecule has 102 valence electrons. The second kappa shape index (κ2) is 5.97. The number of hydrogen-bond acceptors (Lipinski definition) is 4. The van der Waals surface area contributed by atoms with E-state index in [9.17, 15) is 0 Å². The van der Waals surface area contributed by atoms with Crippen LogP contribution in [0.15, 0.2) is 28.8 Å². The molecule has 1 atom stereocenters. The topological polar surface area (TPSA) is 64.9 Å². The Morgan fingerprint density at radius 3 is 2.68 bits per heavy atom. The van der Waals surface area contributed by atoms with Crippen LogP contribution >= 0.6 is 0 Å². The molecule has 0 saturated carbocycles. The van der Waals surface area contributed by atoms with Crippen molar-refractivity contribution in [3.63, 3.8) is 0 Å². The summed E-state index contributed by atoms with van der Waals surface area (Å²) in [6.45, 7) is 6.34. The fourth-order valence-corrected chi connectivity index (χ4v) is 2.08. The van der Waals surface area contributed by atoms with E-state index >= 15 is 0 Å². The van der Waals surface area contributed by atoms with Crippen LogP contribution in [-0.2, 0) is 6.42 Å². The van der Waals surface area contributed by atoms with Crippen LogP contribution in [0.3, 0.4) is 0 Å². The Morgan fingerprint density at radius 2 is 2.00 bits per heavy atom. The number of hydrogen-bond donors (Lipinski definition) is 1. The monoisotopic (exact) mass is 259 g/mol. The van der Waals surface area contributed by atoms with Gasteiger partial charge < -0.3 is 10.3 Å². The van der Waals surface area contributed by atoms with Gasteiger partial charge in [-0.05, 0) is 30.4 Å². The van der Waals surface area contributed by atoms with Gasteiger partial charge in [-0.1, -0.05) is 43.3 Å². The molecule has 2 aromatic rings. The molecular weight excluding hydrogens is 238 g/mol. The minimum Gasteiger partial charge on any atom is -0.338 e. The lowest BCUT2D eigenvalue weighted by Gasteiger charge is -2.08. The Balaban J connectivity index is 2.07. The summed E-state index contributed by atoms with van der Waals surface area (Å²) in [6.07, 6.45) is 1.54. The molecule has 2 N–H and O–H groups in total. The standard InChI is InChI=1S/C15H21N3O/c1-10(2)8-13(16)15-17-14(18-19-15)9-12-7-5-4-6-11(12)3/h4-7,10,13H,8-9,16H2,1-3H3/t13-/m0/s1. The molecule has 0 amide bonds. The smallest absolute Gasteiger partial charge is 0.243 e. The van der Waals surface area contributed by atoms with E-state index in [0.29, 0.717) is 24.1 Å². The third-order valence-corrected chi connectivity index (χ3v) is 3.14. The molecule has 2 rings (SSSR count). The van der Waals surface area contributed by atoms with E-state index in [1.807, 2.05) is 12.1 Å². The maximum Gasteiger partial charge on any atom is 0.243 e. The molecule has 0 aliphatic heterocycles. The zero-order valence-electron chi connectivity index (χ0n) is 11.8. The molecule has 4 nitrogen and oxygen atoms in total. The summed E-state index contributed by atoms with van der Waals surface area (Å²) in [5.74, 6) is 1.75. The summed E-state index contributed by atoms with van der Waals surface area (Å²) >= 11 is 0. The summed E-state index contributed by atoms with van der Waals surface area (Å²) in [5.41, 5.74) is 8.49. The number of nitrogens with two attached hydrogens (primary N) is 1. The highest BCUT2D eigenvalue weighted by Gasteiger charge is 2.16. The van der Waals surface area contributed by atoms with Gasteiger partial charge >= 0.3 is 0 Å². The van der Waals surface area contributed by atoms with Crippen molar-refractivity contribution in [2.75, 3.05) is 0 Å². The van der Waals surface area contributed by atoms with Crippen molar-refractivity contribution in [2.45, 2.75) is 39.7 Å². The predicted molar refractivity (Wildman–Crippen MR) is 74.7 cm³/mol. The molecule has 1 aromatic carbocycles. The fourth-order valence-electron chi connectivity index (χ4n) is 2.08. The third kappa shape index (κ3) is 3.64. The van der Waals surface area contributed by atoms with Gasteiger partial charge in [0.15, 0.2) is 5.82 Å². The summed E-state index contributed by atoms with van der Waals surface area (Å²) in [4.78, 5) is 4.40. The molecular formula is C15H21N3O. The largest absolute Gasteiger partial charge is 0.338 e. The van der Waals surface area contributed by atoms with Gasteiger partial charge in [0.1, 0.15) is 0 Å². The third-order valence-electron chi connectivity index (χ3n) is 3.14. The highest BCUT2D eigenvalue weighted by molar-refractivity contribution is 5.28. The van der Waals surface area contributed by atoms with Crippen molar-refractivity contribution >= 4 is 0 Å². The maximum absolute atomic E-state index is 6.04. The van der Waals surface area contributed by atoms with Gasteiger partial charge in [0, 0.05) is 6.42 Å². The van der Waals surface area contributed by atoms with Crippen molar-refractivity contribution in [1.82, 2.24) is 10.1 Å². The van der Waals surface area contributed by atoms with Crippen LogP contribution in [0.5, 0.6) is 0 Å². The Labute approximate surface area is 114 Å². The maximum atomic E-state index is 6.04. The fraction of sp³-hybridized carbons (Fsp3) is 0.467. The van der Waals surface area contributed by atoms with E-state index in [0.717, 1.165) is 6.42 Å². The average Bonchev–Trinajstić information content (AvgIpc) is 2.80. The van der Waals surface area contributed by atoms with E-state index in [1.54, 1.807) is 0 Å². The van der Waals surface area contributed by atoms with Crippen LogP contribution in [0.1, 0.15) is 49.2 Å². The van der Waals surface area contributed by atoms with Crippen LogP contribution < -0.4 is 5.73 Å². The summed E-state index contributed by atoms with van der Waals surface area (Å²) < 4.78 is 5.25. The van der Waals surface area contributed by atoms with Crippen molar-refractivity contribution in [2.24, 2.45) is 11.7 Å². The van der Waals surface area contributed by atoms with Gasteiger partial charge in [-0.2, -0.15) is 4.98 Å². The molecule has 0 saturated heterocycles. The molecule has 0 bridgehead atoms. The van der Waals surface area contributed by atoms with Gasteiger partial charge in [-0.3, -0.25) is 0 Å². The lowest BCUT2D eigenvalue weighted by Crippen LogP contribution is -2.13. The van der Waals surface area contributed by atoms with Crippen LogP contribution in [0.4, 0.5) is 0 Å². The zero-order chi connectivity index (χ0) is 13.8. The molecule has 0 aliphatic rings. The second-order valence-electron chi connectivity index (χ2n) is 5.39. The molecule has 0 radical (unpaired) electrons. The Morgan fingerprint density at radius 1 is 1.26 bits per heavy atom. The number of rotatable bonds is 5. The summed E-state index contributed by atoms with van der Waals surface area (Å²) in [5, 5.41) is 4.01. The van der Waals surface area contributed by atoms with Crippen molar-refractivity contribution in [3.05, 3.63) is 47.1 Å². The minimum atomic E-state index is -0.168. The highest BCUT2D eigenvalue weighted by Crippen LogP contribution is 2.18. The summed E-state index contributed by atoms with van der Waals surface area (Å²) in [7, 11) is 0. The lowest BCUT2D eigenvalue weighted by molar-refractivity contribution is 0.333. The molecule has 0 unspecified atom stereocenters. The molecule has 1 heterocycles. The number of aromatic nitrogens is 2. The molecule has 0 fully saturated rings. The quantitative estimate of drug-likeness (QED) is 0.896. The first-order valence-corrected chi connectivity index (χ1v) is 6.69. The number of nitrogens with zero attached hydrogens (tertiary/aromatic N) is 2. The van der Waals surface area contributed by atoms with E-state index in [1.165, 1.54) is 11.1 Å². The molecule has 19 heavy (non-hydrogen) atoms. The van der Waals surface area contributed by atoms with Crippen LogP contribution in [-0.4, -0.2) is 10.1 Å².